The summed E-state index contributed by atoms with van der Waals surface area (Å²) in [4.78, 5) is 33.5. The number of carbonyl (C=O) groups excluding carboxylic acids is 1. The Balaban J connectivity index is 1.65. The van der Waals surface area contributed by atoms with Gasteiger partial charge >= 0.3 is 0 Å². The van der Waals surface area contributed by atoms with Crippen molar-refractivity contribution in [2.45, 2.75) is 6.54 Å². The fraction of sp³-hybridized carbons (Fsp3) is 0.0952. The molecule has 27 heavy (non-hydrogen) atoms. The van der Waals surface area contributed by atoms with E-state index in [1.54, 1.807) is 43.4 Å². The van der Waals surface area contributed by atoms with Gasteiger partial charge in [-0.15, -0.1) is 0 Å². The van der Waals surface area contributed by atoms with Gasteiger partial charge in [0.05, 0.1) is 23.0 Å². The molecule has 0 bridgehead atoms. The Morgan fingerprint density at radius 1 is 1.07 bits per heavy atom. The van der Waals surface area contributed by atoms with E-state index < -0.39 is 0 Å². The number of nitrogens with one attached hydrogen (secondary N) is 1. The van der Waals surface area contributed by atoms with Crippen LogP contribution in [0.25, 0.3) is 21.7 Å². The zero-order valence-electron chi connectivity index (χ0n) is 14.6. The number of benzene rings is 3. The zero-order valence-corrected chi connectivity index (χ0v) is 14.6. The number of aromatic nitrogens is 2. The van der Waals surface area contributed by atoms with Crippen molar-refractivity contribution in [1.29, 1.82) is 0 Å². The number of aromatic amines is 1. The zero-order chi connectivity index (χ0) is 19.0. The second-order valence-corrected chi connectivity index (χ2v) is 6.41. The number of nitrogens with zero attached hydrogens (tertiary/aromatic N) is 2. The maximum absolute atomic E-state index is 12.8. The molecule has 6 nitrogen and oxygen atoms in total. The maximum Gasteiger partial charge on any atom is 0.258 e. The minimum absolute atomic E-state index is 0.0782. The summed E-state index contributed by atoms with van der Waals surface area (Å²) in [5.74, 6) is -0.0468. The smallest absolute Gasteiger partial charge is 0.258 e. The molecule has 0 aliphatic carbocycles. The van der Waals surface area contributed by atoms with Crippen LogP contribution in [0, 0.1) is 0 Å². The highest BCUT2D eigenvalue weighted by Gasteiger charge is 2.18. The standard InChI is InChI=1S/C21H17N3O3/c1-24(12-19-22-17-9-5-4-8-15(17)20(26)23-19)21(27)16-10-13-6-2-3-7-14(13)11-18(16)25/h2-11,25H,12H2,1H3,(H,22,23,26). The van der Waals surface area contributed by atoms with Crippen LogP contribution in [0.4, 0.5) is 0 Å². The molecule has 1 amide bonds. The molecule has 134 valence electrons. The molecule has 3 aromatic carbocycles. The molecule has 0 atom stereocenters. The van der Waals surface area contributed by atoms with Crippen LogP contribution in [-0.2, 0) is 6.54 Å². The molecule has 0 aliphatic rings. The Labute approximate surface area is 154 Å². The first-order valence-electron chi connectivity index (χ1n) is 8.48. The Kier molecular flexibility index (Phi) is 4.08. The first-order chi connectivity index (χ1) is 13.0. The van der Waals surface area contributed by atoms with Crippen LogP contribution in [0.1, 0.15) is 16.2 Å². The lowest BCUT2D eigenvalue weighted by Crippen LogP contribution is -2.28. The molecule has 0 unspecified atom stereocenters. The number of H-pyrrole nitrogens is 1. The summed E-state index contributed by atoms with van der Waals surface area (Å²) in [5, 5.41) is 12.5. The number of hydrogen-bond acceptors (Lipinski definition) is 4. The molecule has 0 fully saturated rings. The highest BCUT2D eigenvalue weighted by Crippen LogP contribution is 2.26. The molecule has 0 saturated carbocycles. The number of para-hydroxylation sites is 1. The van der Waals surface area contributed by atoms with Gasteiger partial charge in [0.1, 0.15) is 11.6 Å². The summed E-state index contributed by atoms with van der Waals surface area (Å²) in [7, 11) is 1.60. The predicted molar refractivity (Wildman–Crippen MR) is 104 cm³/mol. The molecule has 6 heteroatoms. The molecule has 0 radical (unpaired) electrons. The second kappa shape index (κ2) is 6.57. The van der Waals surface area contributed by atoms with Crippen molar-refractivity contribution < 1.29 is 9.90 Å². The van der Waals surface area contributed by atoms with Gasteiger partial charge < -0.3 is 15.0 Å². The maximum atomic E-state index is 12.8. The number of fused-ring (bicyclic) bond motifs is 2. The van der Waals surface area contributed by atoms with Gasteiger partial charge in [-0.1, -0.05) is 36.4 Å². The van der Waals surface area contributed by atoms with E-state index in [0.717, 1.165) is 10.8 Å². The molecule has 4 rings (SSSR count). The number of rotatable bonds is 3. The van der Waals surface area contributed by atoms with Gasteiger partial charge in [0.2, 0.25) is 0 Å². The van der Waals surface area contributed by atoms with Crippen molar-refractivity contribution in [3.8, 4) is 5.75 Å². The minimum Gasteiger partial charge on any atom is -0.507 e. The monoisotopic (exact) mass is 359 g/mol. The molecular weight excluding hydrogens is 342 g/mol. The molecule has 0 saturated heterocycles. The summed E-state index contributed by atoms with van der Waals surface area (Å²) in [6.07, 6.45) is 0. The van der Waals surface area contributed by atoms with E-state index in [9.17, 15) is 14.7 Å². The van der Waals surface area contributed by atoms with Gasteiger partial charge in [0.15, 0.2) is 0 Å². The predicted octanol–water partition coefficient (Wildman–Crippen LogP) is 3.05. The third kappa shape index (κ3) is 3.13. The van der Waals surface area contributed by atoms with E-state index in [-0.39, 0.29) is 29.3 Å². The fourth-order valence-electron chi connectivity index (χ4n) is 3.11. The van der Waals surface area contributed by atoms with Crippen molar-refractivity contribution >= 4 is 27.6 Å². The van der Waals surface area contributed by atoms with Crippen LogP contribution >= 0.6 is 0 Å². The molecule has 2 N–H and O–H groups in total. The SMILES string of the molecule is CN(Cc1nc2ccccc2c(=O)[nH]1)C(=O)c1cc2ccccc2cc1O. The summed E-state index contributed by atoms with van der Waals surface area (Å²) >= 11 is 0. The van der Waals surface area contributed by atoms with E-state index in [1.807, 2.05) is 24.3 Å². The first-order valence-corrected chi connectivity index (χ1v) is 8.48. The Morgan fingerprint density at radius 2 is 1.74 bits per heavy atom. The summed E-state index contributed by atoms with van der Waals surface area (Å²) in [5.41, 5.74) is 0.537. The van der Waals surface area contributed by atoms with Gasteiger partial charge in [-0.05, 0) is 35.0 Å². The van der Waals surface area contributed by atoms with Gasteiger partial charge in [0, 0.05) is 7.05 Å². The average Bonchev–Trinajstić information content (AvgIpc) is 2.67. The molecule has 0 aliphatic heterocycles. The first kappa shape index (κ1) is 16.8. The van der Waals surface area contributed by atoms with Crippen LogP contribution in [0.3, 0.4) is 0 Å². The van der Waals surface area contributed by atoms with Gasteiger partial charge in [0.25, 0.3) is 11.5 Å². The lowest BCUT2D eigenvalue weighted by Gasteiger charge is -2.18. The second-order valence-electron chi connectivity index (χ2n) is 6.41. The normalized spacial score (nSPS) is 11.0. The van der Waals surface area contributed by atoms with E-state index in [4.69, 9.17) is 0 Å². The summed E-state index contributed by atoms with van der Waals surface area (Å²) in [6.45, 7) is 0.116. The van der Waals surface area contributed by atoms with Gasteiger partial charge in [-0.25, -0.2) is 4.98 Å². The average molecular weight is 359 g/mol. The number of phenols is 1. The van der Waals surface area contributed by atoms with Crippen LogP contribution in [0.2, 0.25) is 0 Å². The molecule has 0 spiro atoms. The minimum atomic E-state index is -0.353. The molecular formula is C21H17N3O3. The quantitative estimate of drug-likeness (QED) is 0.589. The highest BCUT2D eigenvalue weighted by atomic mass is 16.3. The fourth-order valence-corrected chi connectivity index (χ4v) is 3.11. The van der Waals surface area contributed by atoms with Crippen molar-refractivity contribution in [3.63, 3.8) is 0 Å². The third-order valence-electron chi connectivity index (χ3n) is 4.49. The number of phenolic OH excluding ortho intramolecular Hbond substituents is 1. The van der Waals surface area contributed by atoms with Crippen molar-refractivity contribution in [3.05, 3.63) is 82.4 Å². The topological polar surface area (TPSA) is 86.3 Å². The van der Waals surface area contributed by atoms with E-state index in [0.29, 0.717) is 16.7 Å². The third-order valence-corrected chi connectivity index (χ3v) is 4.49. The number of amides is 1. The number of carbonyl (C=O) groups is 1. The molecule has 4 aromatic rings. The largest absolute Gasteiger partial charge is 0.507 e. The van der Waals surface area contributed by atoms with Crippen molar-refractivity contribution in [1.82, 2.24) is 14.9 Å². The van der Waals surface area contributed by atoms with Crippen LogP contribution in [0.5, 0.6) is 5.75 Å². The van der Waals surface area contributed by atoms with E-state index >= 15 is 0 Å². The highest BCUT2D eigenvalue weighted by molar-refractivity contribution is 6.01. The Hall–Kier alpha value is -3.67. The number of aromatic hydroxyl groups is 1. The Bertz CT molecular complexity index is 1230. The number of hydrogen-bond donors (Lipinski definition) is 2. The van der Waals surface area contributed by atoms with Crippen molar-refractivity contribution in [2.24, 2.45) is 0 Å². The summed E-state index contributed by atoms with van der Waals surface area (Å²) in [6, 6.07) is 17.8. The van der Waals surface area contributed by atoms with Crippen LogP contribution in [-0.4, -0.2) is 32.9 Å². The lowest BCUT2D eigenvalue weighted by molar-refractivity contribution is 0.0778. The van der Waals surface area contributed by atoms with Gasteiger partial charge in [-0.3, -0.25) is 9.59 Å². The summed E-state index contributed by atoms with van der Waals surface area (Å²) < 4.78 is 0. The lowest BCUT2D eigenvalue weighted by atomic mass is 10.1. The van der Waals surface area contributed by atoms with Crippen molar-refractivity contribution in [2.75, 3.05) is 7.05 Å². The van der Waals surface area contributed by atoms with E-state index in [2.05, 4.69) is 9.97 Å². The molecule has 1 heterocycles. The van der Waals surface area contributed by atoms with Crippen LogP contribution < -0.4 is 5.56 Å². The van der Waals surface area contributed by atoms with Crippen LogP contribution in [0.15, 0.2) is 65.5 Å². The van der Waals surface area contributed by atoms with E-state index in [1.165, 1.54) is 4.90 Å². The Morgan fingerprint density at radius 3 is 2.52 bits per heavy atom. The molecule has 1 aromatic heterocycles. The van der Waals surface area contributed by atoms with Gasteiger partial charge in [-0.2, -0.15) is 0 Å².